The van der Waals surface area contributed by atoms with Gasteiger partial charge in [-0.3, -0.25) is 0 Å². The van der Waals surface area contributed by atoms with E-state index in [0.717, 1.165) is 44.3 Å². The molecular weight excluding hydrogens is 435 g/mol. The van der Waals surface area contributed by atoms with Crippen LogP contribution in [0.2, 0.25) is 0 Å². The Morgan fingerprint density at radius 3 is 2.48 bits per heavy atom. The van der Waals surface area contributed by atoms with Gasteiger partial charge in [0.15, 0.2) is 0 Å². The fourth-order valence-electron chi connectivity index (χ4n) is 4.75. The number of pyridine rings is 1. The van der Waals surface area contributed by atoms with Gasteiger partial charge in [0, 0.05) is 37.1 Å². The summed E-state index contributed by atoms with van der Waals surface area (Å²) in [7, 11) is 2.09. The van der Waals surface area contributed by atoms with Crippen molar-refractivity contribution in [2.24, 2.45) is 0 Å². The number of aliphatic hydroxyl groups is 1. The summed E-state index contributed by atoms with van der Waals surface area (Å²) < 4.78 is 44.5. The van der Waals surface area contributed by atoms with Gasteiger partial charge in [-0.1, -0.05) is 0 Å². The number of nitrogens with one attached hydrogen (secondary N) is 1. The van der Waals surface area contributed by atoms with Crippen LogP contribution in [0.3, 0.4) is 0 Å². The quantitative estimate of drug-likeness (QED) is 0.657. The van der Waals surface area contributed by atoms with Gasteiger partial charge in [0.2, 0.25) is 11.8 Å². The number of anilines is 1. The maximum absolute atomic E-state index is 12.8. The van der Waals surface area contributed by atoms with E-state index >= 15 is 0 Å². The fraction of sp³-hybridized carbons (Fsp3) is 0.696. The first-order chi connectivity index (χ1) is 15.7. The van der Waals surface area contributed by atoms with Crippen molar-refractivity contribution in [3.63, 3.8) is 0 Å². The Morgan fingerprint density at radius 2 is 1.82 bits per heavy atom. The molecule has 0 radical (unpaired) electrons. The number of rotatable bonds is 6. The van der Waals surface area contributed by atoms with E-state index in [2.05, 4.69) is 32.2 Å². The summed E-state index contributed by atoms with van der Waals surface area (Å²) in [6, 6.07) is -0.854. The molecule has 2 fully saturated rings. The van der Waals surface area contributed by atoms with Crippen LogP contribution in [-0.2, 0) is 0 Å². The predicted molar refractivity (Wildman–Crippen MR) is 119 cm³/mol. The highest BCUT2D eigenvalue weighted by molar-refractivity contribution is 5.86. The van der Waals surface area contributed by atoms with Crippen molar-refractivity contribution in [1.82, 2.24) is 19.9 Å². The smallest absolute Gasteiger partial charge is 0.391 e. The lowest BCUT2D eigenvalue weighted by Crippen LogP contribution is -2.35. The molecule has 0 bridgehead atoms. The topological polar surface area (TPSA) is 83.4 Å². The van der Waals surface area contributed by atoms with Crippen LogP contribution >= 0.6 is 0 Å². The summed E-state index contributed by atoms with van der Waals surface area (Å²) in [6.45, 7) is 3.37. The molecule has 4 rings (SSSR count). The van der Waals surface area contributed by atoms with E-state index in [1.807, 2.05) is 0 Å². The van der Waals surface area contributed by atoms with Gasteiger partial charge in [-0.25, -0.2) is 15.0 Å². The number of aromatic nitrogens is 3. The number of hydrogen-bond donors (Lipinski definition) is 2. The molecule has 1 aliphatic heterocycles. The van der Waals surface area contributed by atoms with Crippen LogP contribution in [0.15, 0.2) is 12.4 Å². The largest absolute Gasteiger partial charge is 0.474 e. The number of aliphatic hydroxyl groups excluding tert-OH is 1. The third-order valence-corrected chi connectivity index (χ3v) is 6.61. The first-order valence-corrected chi connectivity index (χ1v) is 11.7. The summed E-state index contributed by atoms with van der Waals surface area (Å²) in [4.78, 5) is 15.8. The lowest BCUT2D eigenvalue weighted by Gasteiger charge is -2.30. The van der Waals surface area contributed by atoms with E-state index in [1.165, 1.54) is 6.92 Å². The van der Waals surface area contributed by atoms with E-state index in [9.17, 15) is 18.3 Å². The Morgan fingerprint density at radius 1 is 1.12 bits per heavy atom. The zero-order valence-corrected chi connectivity index (χ0v) is 19.1. The molecule has 7 nitrogen and oxygen atoms in total. The van der Waals surface area contributed by atoms with Crippen LogP contribution in [0.4, 0.5) is 19.1 Å². The Labute approximate surface area is 191 Å². The van der Waals surface area contributed by atoms with E-state index < -0.39 is 18.6 Å². The van der Waals surface area contributed by atoms with Crippen LogP contribution in [0, 0.1) is 0 Å². The third kappa shape index (κ3) is 6.23. The lowest BCUT2D eigenvalue weighted by molar-refractivity contribution is -0.136. The Bertz CT molecular complexity index is 942. The summed E-state index contributed by atoms with van der Waals surface area (Å²) in [6.07, 6.45) is 2.74. The summed E-state index contributed by atoms with van der Waals surface area (Å²) in [5, 5.41) is 13.4. The van der Waals surface area contributed by atoms with Crippen LogP contribution in [0.1, 0.15) is 63.4 Å². The van der Waals surface area contributed by atoms with Crippen LogP contribution in [0.25, 0.3) is 10.9 Å². The number of fused-ring (bicyclic) bond motifs is 1. The second-order valence-corrected chi connectivity index (χ2v) is 9.47. The molecule has 2 N–H and O–H groups in total. The van der Waals surface area contributed by atoms with E-state index in [0.29, 0.717) is 29.6 Å². The van der Waals surface area contributed by atoms with E-state index in [-0.39, 0.29) is 24.1 Å². The SMILES string of the molecule is C[C@@H](CC(F)(F)F)Nc1ncc2c(OC3CCN(C)CC3)ncc([C@H]3CC[C@H](O)CC3)c2n1. The van der Waals surface area contributed by atoms with Crippen molar-refractivity contribution in [3.8, 4) is 5.88 Å². The Kier molecular flexibility index (Phi) is 7.23. The fourth-order valence-corrected chi connectivity index (χ4v) is 4.75. The second kappa shape index (κ2) is 9.97. The number of hydrogen-bond acceptors (Lipinski definition) is 7. The summed E-state index contributed by atoms with van der Waals surface area (Å²) in [5.41, 5.74) is 1.59. The molecule has 10 heteroatoms. The van der Waals surface area contributed by atoms with Gasteiger partial charge in [0.1, 0.15) is 6.10 Å². The van der Waals surface area contributed by atoms with E-state index in [1.54, 1.807) is 12.4 Å². The van der Waals surface area contributed by atoms with Crippen LogP contribution in [0.5, 0.6) is 5.88 Å². The maximum atomic E-state index is 12.8. The van der Waals surface area contributed by atoms with Crippen molar-refractivity contribution in [1.29, 1.82) is 0 Å². The van der Waals surface area contributed by atoms with Crippen molar-refractivity contribution in [3.05, 3.63) is 18.0 Å². The Hall–Kier alpha value is -2.20. The molecule has 2 aromatic heterocycles. The summed E-state index contributed by atoms with van der Waals surface area (Å²) in [5.74, 6) is 0.804. The minimum Gasteiger partial charge on any atom is -0.474 e. The molecule has 0 unspecified atom stereocenters. The van der Waals surface area contributed by atoms with Crippen molar-refractivity contribution in [2.75, 3.05) is 25.5 Å². The molecule has 0 amide bonds. The number of alkyl halides is 3. The second-order valence-electron chi connectivity index (χ2n) is 9.47. The van der Waals surface area contributed by atoms with E-state index in [4.69, 9.17) is 4.74 Å². The highest BCUT2D eigenvalue weighted by atomic mass is 19.4. The molecule has 1 atom stereocenters. The molecule has 2 aliphatic rings. The van der Waals surface area contributed by atoms with Gasteiger partial charge < -0.3 is 20.1 Å². The lowest BCUT2D eigenvalue weighted by atomic mass is 9.83. The molecule has 0 aromatic carbocycles. The highest BCUT2D eigenvalue weighted by Crippen LogP contribution is 2.38. The first-order valence-electron chi connectivity index (χ1n) is 11.7. The third-order valence-electron chi connectivity index (χ3n) is 6.61. The van der Waals surface area contributed by atoms with Gasteiger partial charge in [-0.05, 0) is 58.4 Å². The molecule has 3 heterocycles. The normalized spacial score (nSPS) is 24.1. The van der Waals surface area contributed by atoms with Gasteiger partial charge in [-0.15, -0.1) is 0 Å². The number of halogens is 3. The van der Waals surface area contributed by atoms with Crippen LogP contribution in [-0.4, -0.2) is 69.5 Å². The van der Waals surface area contributed by atoms with Crippen molar-refractivity contribution < 1.29 is 23.0 Å². The molecule has 1 aliphatic carbocycles. The molecule has 2 aromatic rings. The molecule has 1 saturated carbocycles. The first kappa shape index (κ1) is 23.9. The zero-order valence-electron chi connectivity index (χ0n) is 19.1. The maximum Gasteiger partial charge on any atom is 0.391 e. The number of ether oxygens (including phenoxy) is 1. The monoisotopic (exact) mass is 467 g/mol. The molecule has 1 saturated heterocycles. The van der Waals surface area contributed by atoms with Gasteiger partial charge in [0.05, 0.1) is 23.4 Å². The van der Waals surface area contributed by atoms with Gasteiger partial charge in [-0.2, -0.15) is 13.2 Å². The number of piperidine rings is 1. The molecule has 33 heavy (non-hydrogen) atoms. The minimum absolute atomic E-state index is 0.0530. The average molecular weight is 468 g/mol. The van der Waals surface area contributed by atoms with Gasteiger partial charge >= 0.3 is 6.18 Å². The highest BCUT2D eigenvalue weighted by Gasteiger charge is 2.31. The number of likely N-dealkylation sites (tertiary alicyclic amines) is 1. The zero-order chi connectivity index (χ0) is 23.6. The molecule has 182 valence electrons. The summed E-state index contributed by atoms with van der Waals surface area (Å²) >= 11 is 0. The molecule has 0 spiro atoms. The molecular formula is C23H32F3N5O2. The minimum atomic E-state index is -4.27. The Balaban J connectivity index is 1.63. The predicted octanol–water partition coefficient (Wildman–Crippen LogP) is 4.27. The van der Waals surface area contributed by atoms with Crippen molar-refractivity contribution >= 4 is 16.9 Å². The van der Waals surface area contributed by atoms with Crippen molar-refractivity contribution in [2.45, 2.75) is 82.2 Å². The van der Waals surface area contributed by atoms with Crippen LogP contribution < -0.4 is 10.1 Å². The average Bonchev–Trinajstić information content (AvgIpc) is 2.75. The number of nitrogens with zero attached hydrogens (tertiary/aromatic N) is 4. The standard InChI is InChI=1S/C23H32F3N5O2/c1-14(11-23(24,25)26)29-22-28-13-19-20(30-22)18(15-3-5-16(32)6-4-15)12-27-21(19)33-17-7-9-31(2)10-8-17/h12-17,32H,3-11H2,1-2H3,(H,28,29,30)/t14-,15-,16-/m0/s1. The van der Waals surface area contributed by atoms with Gasteiger partial charge in [0.25, 0.3) is 0 Å².